The van der Waals surface area contributed by atoms with E-state index in [4.69, 9.17) is 9.47 Å². The van der Waals surface area contributed by atoms with Gasteiger partial charge in [-0.25, -0.2) is 0 Å². The predicted octanol–water partition coefficient (Wildman–Crippen LogP) is 4.71. The van der Waals surface area contributed by atoms with Crippen LogP contribution in [-0.2, 0) is 19.1 Å². The number of aliphatic hydroxyl groups excluding tert-OH is 1. The normalized spacial score (nSPS) is 13.0. The fourth-order valence-electron chi connectivity index (χ4n) is 2.94. The average molecular weight is 371 g/mol. The van der Waals surface area contributed by atoms with Crippen LogP contribution in [0.4, 0.5) is 0 Å². The highest BCUT2D eigenvalue weighted by Gasteiger charge is 2.18. The first-order valence-corrected chi connectivity index (χ1v) is 10.0. The molecule has 0 spiro atoms. The number of esters is 2. The van der Waals surface area contributed by atoms with Crippen molar-refractivity contribution in [2.24, 2.45) is 0 Å². The zero-order chi connectivity index (χ0) is 19.6. The van der Waals surface area contributed by atoms with Crippen molar-refractivity contribution in [3.63, 3.8) is 0 Å². The lowest BCUT2D eigenvalue weighted by Gasteiger charge is -2.20. The lowest BCUT2D eigenvalue weighted by molar-refractivity contribution is -0.151. The second kappa shape index (κ2) is 17.1. The summed E-state index contributed by atoms with van der Waals surface area (Å²) in [7, 11) is 0. The van der Waals surface area contributed by atoms with Gasteiger partial charge in [-0.2, -0.15) is 0 Å². The standard InChI is InChI=1S/C21H38O5/c1-4-5-6-7-8-9-10-11-12-13-14-15-21(26-19(3)23)16-20(24)17-25-18(2)22/h4,20-21,24H,1,5-17H2,2-3H3/t20-,21-/m0/s1. The van der Waals surface area contributed by atoms with Crippen molar-refractivity contribution in [1.82, 2.24) is 0 Å². The van der Waals surface area contributed by atoms with Crippen molar-refractivity contribution in [3.8, 4) is 0 Å². The van der Waals surface area contributed by atoms with E-state index in [2.05, 4.69) is 6.58 Å². The third-order valence-corrected chi connectivity index (χ3v) is 4.28. The summed E-state index contributed by atoms with van der Waals surface area (Å²) in [6.45, 7) is 6.36. The van der Waals surface area contributed by atoms with Gasteiger partial charge in [0.25, 0.3) is 0 Å². The third-order valence-electron chi connectivity index (χ3n) is 4.28. The molecule has 2 atom stereocenters. The van der Waals surface area contributed by atoms with E-state index in [9.17, 15) is 14.7 Å². The van der Waals surface area contributed by atoms with Crippen molar-refractivity contribution in [2.75, 3.05) is 6.61 Å². The van der Waals surface area contributed by atoms with Crippen molar-refractivity contribution in [3.05, 3.63) is 12.7 Å². The Hall–Kier alpha value is -1.36. The molecule has 0 saturated carbocycles. The second-order valence-corrected chi connectivity index (χ2v) is 6.97. The summed E-state index contributed by atoms with van der Waals surface area (Å²) < 4.78 is 10.1. The van der Waals surface area contributed by atoms with Crippen LogP contribution in [0.3, 0.4) is 0 Å². The number of hydrogen-bond acceptors (Lipinski definition) is 5. The van der Waals surface area contributed by atoms with Crippen LogP contribution in [0.2, 0.25) is 0 Å². The molecule has 0 aromatic carbocycles. The number of aliphatic hydroxyl groups is 1. The van der Waals surface area contributed by atoms with Crippen molar-refractivity contribution in [1.29, 1.82) is 0 Å². The fraction of sp³-hybridized carbons (Fsp3) is 0.810. The van der Waals surface area contributed by atoms with Gasteiger partial charge in [-0.05, 0) is 25.7 Å². The minimum atomic E-state index is -0.802. The molecule has 0 aliphatic rings. The van der Waals surface area contributed by atoms with Gasteiger partial charge < -0.3 is 14.6 Å². The third kappa shape index (κ3) is 17.5. The van der Waals surface area contributed by atoms with Crippen LogP contribution in [0, 0.1) is 0 Å². The average Bonchev–Trinajstić information content (AvgIpc) is 2.57. The van der Waals surface area contributed by atoms with Gasteiger partial charge in [0.15, 0.2) is 0 Å². The van der Waals surface area contributed by atoms with Gasteiger partial charge in [0, 0.05) is 20.3 Å². The summed E-state index contributed by atoms with van der Waals surface area (Å²) in [5.74, 6) is -0.764. The van der Waals surface area contributed by atoms with Gasteiger partial charge in [-0.15, -0.1) is 6.58 Å². The van der Waals surface area contributed by atoms with E-state index in [0.29, 0.717) is 6.42 Å². The summed E-state index contributed by atoms with van der Waals surface area (Å²) in [5, 5.41) is 9.88. The molecule has 0 rings (SSSR count). The Bertz CT molecular complexity index is 381. The molecule has 0 aliphatic heterocycles. The smallest absolute Gasteiger partial charge is 0.302 e. The Morgan fingerprint density at radius 2 is 1.46 bits per heavy atom. The molecule has 5 nitrogen and oxygen atoms in total. The molecule has 0 bridgehead atoms. The number of rotatable bonds is 17. The zero-order valence-electron chi connectivity index (χ0n) is 16.7. The van der Waals surface area contributed by atoms with Crippen LogP contribution in [0.15, 0.2) is 12.7 Å². The molecule has 0 fully saturated rings. The molecule has 0 heterocycles. The SMILES string of the molecule is C=CCCCCCCCCCCC[C@@H](C[C@H](O)COC(C)=O)OC(C)=O. The van der Waals surface area contributed by atoms with E-state index in [-0.39, 0.29) is 18.7 Å². The van der Waals surface area contributed by atoms with E-state index in [0.717, 1.165) is 25.7 Å². The first-order valence-electron chi connectivity index (χ1n) is 10.0. The molecular formula is C21H38O5. The largest absolute Gasteiger partial charge is 0.463 e. The van der Waals surface area contributed by atoms with Gasteiger partial charge in [-0.1, -0.05) is 51.0 Å². The van der Waals surface area contributed by atoms with Crippen LogP contribution in [0.5, 0.6) is 0 Å². The highest BCUT2D eigenvalue weighted by molar-refractivity contribution is 5.66. The molecule has 1 N–H and O–H groups in total. The lowest BCUT2D eigenvalue weighted by Crippen LogP contribution is -2.26. The summed E-state index contributed by atoms with van der Waals surface area (Å²) in [6.07, 6.45) is 14.0. The molecule has 152 valence electrons. The first-order chi connectivity index (χ1) is 12.5. The van der Waals surface area contributed by atoms with Gasteiger partial charge in [0.1, 0.15) is 12.7 Å². The summed E-state index contributed by atoms with van der Waals surface area (Å²) in [4.78, 5) is 22.0. The highest BCUT2D eigenvalue weighted by Crippen LogP contribution is 2.16. The van der Waals surface area contributed by atoms with Crippen molar-refractivity contribution < 1.29 is 24.2 Å². The van der Waals surface area contributed by atoms with Gasteiger partial charge in [0.05, 0.1) is 6.10 Å². The number of unbranched alkanes of at least 4 members (excludes halogenated alkanes) is 9. The first kappa shape index (κ1) is 24.6. The molecule has 26 heavy (non-hydrogen) atoms. The topological polar surface area (TPSA) is 72.8 Å². The molecule has 0 amide bonds. The number of ether oxygens (including phenoxy) is 2. The van der Waals surface area contributed by atoms with E-state index < -0.39 is 12.1 Å². The maximum absolute atomic E-state index is 11.2. The number of allylic oxidation sites excluding steroid dienone is 1. The molecule has 0 aromatic heterocycles. The van der Waals surface area contributed by atoms with Gasteiger partial charge in [0.2, 0.25) is 0 Å². The van der Waals surface area contributed by atoms with E-state index >= 15 is 0 Å². The Balaban J connectivity index is 3.75. The maximum atomic E-state index is 11.2. The molecule has 0 aliphatic carbocycles. The van der Waals surface area contributed by atoms with Gasteiger partial charge in [-0.3, -0.25) is 9.59 Å². The zero-order valence-corrected chi connectivity index (χ0v) is 16.7. The fourth-order valence-corrected chi connectivity index (χ4v) is 2.94. The predicted molar refractivity (Wildman–Crippen MR) is 104 cm³/mol. The van der Waals surface area contributed by atoms with E-state index in [1.165, 1.54) is 58.8 Å². The van der Waals surface area contributed by atoms with Crippen LogP contribution in [-0.4, -0.2) is 35.9 Å². The molecule has 0 unspecified atom stereocenters. The maximum Gasteiger partial charge on any atom is 0.302 e. The van der Waals surface area contributed by atoms with Crippen LogP contribution in [0.25, 0.3) is 0 Å². The summed E-state index contributed by atoms with van der Waals surface area (Å²) in [6, 6.07) is 0. The van der Waals surface area contributed by atoms with Crippen LogP contribution in [0.1, 0.15) is 90.9 Å². The second-order valence-electron chi connectivity index (χ2n) is 6.97. The summed E-state index contributed by atoms with van der Waals surface area (Å²) in [5.41, 5.74) is 0. The van der Waals surface area contributed by atoms with Crippen molar-refractivity contribution in [2.45, 2.75) is 103 Å². The molecular weight excluding hydrogens is 332 g/mol. The van der Waals surface area contributed by atoms with E-state index in [1.54, 1.807) is 0 Å². The van der Waals surface area contributed by atoms with Gasteiger partial charge >= 0.3 is 11.9 Å². The number of carbonyl (C=O) groups is 2. The molecule has 5 heteroatoms. The van der Waals surface area contributed by atoms with Crippen molar-refractivity contribution >= 4 is 11.9 Å². The van der Waals surface area contributed by atoms with Crippen LogP contribution >= 0.6 is 0 Å². The minimum Gasteiger partial charge on any atom is -0.463 e. The monoisotopic (exact) mass is 370 g/mol. The molecule has 0 saturated heterocycles. The number of carbonyl (C=O) groups excluding carboxylic acids is 2. The lowest BCUT2D eigenvalue weighted by atomic mass is 10.0. The Morgan fingerprint density at radius 3 is 1.96 bits per heavy atom. The molecule has 0 aromatic rings. The highest BCUT2D eigenvalue weighted by atomic mass is 16.5. The summed E-state index contributed by atoms with van der Waals surface area (Å²) >= 11 is 0. The minimum absolute atomic E-state index is 0.0557. The Morgan fingerprint density at radius 1 is 0.923 bits per heavy atom. The van der Waals surface area contributed by atoms with E-state index in [1.807, 2.05) is 6.08 Å². The Labute approximate surface area is 159 Å². The Kier molecular flexibility index (Phi) is 16.2. The number of hydrogen-bond donors (Lipinski definition) is 1. The molecule has 0 radical (unpaired) electrons. The quantitative estimate of drug-likeness (QED) is 0.228. The van der Waals surface area contributed by atoms with Crippen LogP contribution < -0.4 is 0 Å².